The zero-order valence-electron chi connectivity index (χ0n) is 12.2. The van der Waals surface area contributed by atoms with Crippen molar-refractivity contribution in [2.45, 2.75) is 18.5 Å². The molecule has 21 heavy (non-hydrogen) atoms. The summed E-state index contributed by atoms with van der Waals surface area (Å²) in [5, 5.41) is 7.11. The zero-order chi connectivity index (χ0) is 15.1. The average Bonchev–Trinajstić information content (AvgIpc) is 2.49. The molecule has 0 aliphatic carbocycles. The van der Waals surface area contributed by atoms with E-state index in [4.69, 9.17) is 0 Å². The largest absolute Gasteiger partial charge is 0.370 e. The standard InChI is InChI=1S/C15H19FN4S/c1-3-17-13-10-14(20-15(19-13)21-2)18-9-8-11-6-4-5-7-12(11)16/h4-7,10H,3,8-9H2,1-2H3,(H2,17,18,19,20). The molecule has 0 atom stereocenters. The van der Waals surface area contributed by atoms with Crippen LogP contribution in [0.15, 0.2) is 35.5 Å². The van der Waals surface area contributed by atoms with E-state index < -0.39 is 0 Å². The van der Waals surface area contributed by atoms with Gasteiger partial charge in [-0.15, -0.1) is 0 Å². The Kier molecular flexibility index (Phi) is 5.80. The number of anilines is 2. The van der Waals surface area contributed by atoms with E-state index in [-0.39, 0.29) is 5.82 Å². The Balaban J connectivity index is 1.99. The van der Waals surface area contributed by atoms with Gasteiger partial charge in [0.15, 0.2) is 5.16 Å². The molecule has 0 bridgehead atoms. The van der Waals surface area contributed by atoms with E-state index in [9.17, 15) is 4.39 Å². The molecule has 2 N–H and O–H groups in total. The van der Waals surface area contributed by atoms with Crippen LogP contribution in [0.25, 0.3) is 0 Å². The third-order valence-corrected chi connectivity index (χ3v) is 3.45. The number of aromatic nitrogens is 2. The van der Waals surface area contributed by atoms with E-state index in [0.29, 0.717) is 23.7 Å². The number of hydrogen-bond acceptors (Lipinski definition) is 5. The normalized spacial score (nSPS) is 10.4. The summed E-state index contributed by atoms with van der Waals surface area (Å²) in [6, 6.07) is 8.69. The van der Waals surface area contributed by atoms with Gasteiger partial charge in [0.1, 0.15) is 17.5 Å². The minimum atomic E-state index is -0.167. The lowest BCUT2D eigenvalue weighted by molar-refractivity contribution is 0.610. The van der Waals surface area contributed by atoms with Gasteiger partial charge in [0.2, 0.25) is 0 Å². The van der Waals surface area contributed by atoms with Crippen molar-refractivity contribution >= 4 is 23.4 Å². The summed E-state index contributed by atoms with van der Waals surface area (Å²) in [6.07, 6.45) is 2.55. The van der Waals surface area contributed by atoms with Crippen LogP contribution < -0.4 is 10.6 Å². The van der Waals surface area contributed by atoms with Crippen molar-refractivity contribution in [1.82, 2.24) is 9.97 Å². The van der Waals surface area contributed by atoms with Gasteiger partial charge in [-0.2, -0.15) is 0 Å². The van der Waals surface area contributed by atoms with Crippen LogP contribution in [0.5, 0.6) is 0 Å². The van der Waals surface area contributed by atoms with Crippen LogP contribution in [-0.2, 0) is 6.42 Å². The Labute approximate surface area is 128 Å². The van der Waals surface area contributed by atoms with Crippen molar-refractivity contribution in [3.63, 3.8) is 0 Å². The van der Waals surface area contributed by atoms with Crippen molar-refractivity contribution in [2.24, 2.45) is 0 Å². The first-order valence-electron chi connectivity index (χ1n) is 6.87. The highest BCUT2D eigenvalue weighted by atomic mass is 32.2. The van der Waals surface area contributed by atoms with Gasteiger partial charge in [-0.05, 0) is 31.2 Å². The Morgan fingerprint density at radius 3 is 2.52 bits per heavy atom. The molecule has 2 aromatic rings. The molecule has 0 saturated heterocycles. The van der Waals surface area contributed by atoms with Crippen molar-refractivity contribution in [3.05, 3.63) is 41.7 Å². The minimum absolute atomic E-state index is 0.167. The SMILES string of the molecule is CCNc1cc(NCCc2ccccc2F)nc(SC)n1. The second kappa shape index (κ2) is 7.83. The molecule has 0 spiro atoms. The summed E-state index contributed by atoms with van der Waals surface area (Å²) in [7, 11) is 0. The Bertz CT molecular complexity index is 592. The van der Waals surface area contributed by atoms with Crippen LogP contribution in [0.1, 0.15) is 12.5 Å². The van der Waals surface area contributed by atoms with E-state index >= 15 is 0 Å². The van der Waals surface area contributed by atoms with Gasteiger partial charge in [0, 0.05) is 19.2 Å². The van der Waals surface area contributed by atoms with E-state index in [1.165, 1.54) is 17.8 Å². The van der Waals surface area contributed by atoms with Gasteiger partial charge in [0.25, 0.3) is 0 Å². The molecule has 0 amide bonds. The Morgan fingerprint density at radius 1 is 1.14 bits per heavy atom. The van der Waals surface area contributed by atoms with Crippen molar-refractivity contribution < 1.29 is 4.39 Å². The van der Waals surface area contributed by atoms with E-state index in [0.717, 1.165) is 18.2 Å². The molecule has 6 heteroatoms. The second-order valence-electron chi connectivity index (χ2n) is 4.42. The maximum Gasteiger partial charge on any atom is 0.191 e. The number of rotatable bonds is 7. The van der Waals surface area contributed by atoms with Gasteiger partial charge < -0.3 is 10.6 Å². The lowest BCUT2D eigenvalue weighted by Gasteiger charge is -2.10. The fourth-order valence-electron chi connectivity index (χ4n) is 1.91. The molecule has 112 valence electrons. The summed E-state index contributed by atoms with van der Waals surface area (Å²) >= 11 is 1.49. The summed E-state index contributed by atoms with van der Waals surface area (Å²) in [6.45, 7) is 3.45. The molecular weight excluding hydrogens is 287 g/mol. The zero-order valence-corrected chi connectivity index (χ0v) is 13.0. The van der Waals surface area contributed by atoms with Crippen molar-refractivity contribution in [2.75, 3.05) is 30.0 Å². The van der Waals surface area contributed by atoms with E-state index in [1.54, 1.807) is 12.1 Å². The summed E-state index contributed by atoms with van der Waals surface area (Å²) in [5.41, 5.74) is 0.705. The fourth-order valence-corrected chi connectivity index (χ4v) is 2.28. The molecule has 1 aromatic carbocycles. The number of nitrogens with one attached hydrogen (secondary N) is 2. The Hall–Kier alpha value is -1.82. The molecular formula is C15H19FN4S. The van der Waals surface area contributed by atoms with Gasteiger partial charge in [-0.25, -0.2) is 14.4 Å². The molecule has 0 aliphatic rings. The Morgan fingerprint density at radius 2 is 1.86 bits per heavy atom. The molecule has 2 rings (SSSR count). The van der Waals surface area contributed by atoms with Crippen LogP contribution in [0.3, 0.4) is 0 Å². The lowest BCUT2D eigenvalue weighted by Crippen LogP contribution is -2.09. The number of halogens is 1. The monoisotopic (exact) mass is 306 g/mol. The number of hydrogen-bond donors (Lipinski definition) is 2. The molecule has 1 aromatic heterocycles. The summed E-state index contributed by atoms with van der Waals surface area (Å²) < 4.78 is 13.5. The highest BCUT2D eigenvalue weighted by Crippen LogP contribution is 2.17. The minimum Gasteiger partial charge on any atom is -0.370 e. The summed E-state index contributed by atoms with van der Waals surface area (Å²) in [5.74, 6) is 1.38. The predicted molar refractivity (Wildman–Crippen MR) is 86.6 cm³/mol. The van der Waals surface area contributed by atoms with Gasteiger partial charge in [0.05, 0.1) is 0 Å². The average molecular weight is 306 g/mol. The van der Waals surface area contributed by atoms with E-state index in [1.807, 2.05) is 25.3 Å². The molecule has 0 unspecified atom stereocenters. The predicted octanol–water partition coefficient (Wildman–Crippen LogP) is 3.42. The lowest BCUT2D eigenvalue weighted by atomic mass is 10.1. The maximum atomic E-state index is 13.5. The molecule has 1 heterocycles. The van der Waals surface area contributed by atoms with Gasteiger partial charge in [-0.1, -0.05) is 30.0 Å². The van der Waals surface area contributed by atoms with Crippen LogP contribution in [0.4, 0.5) is 16.0 Å². The highest BCUT2D eigenvalue weighted by Gasteiger charge is 2.04. The first kappa shape index (κ1) is 15.6. The van der Waals surface area contributed by atoms with E-state index in [2.05, 4.69) is 20.6 Å². The molecule has 0 fully saturated rings. The van der Waals surface area contributed by atoms with Crippen LogP contribution in [0, 0.1) is 5.82 Å². The third-order valence-electron chi connectivity index (χ3n) is 2.90. The van der Waals surface area contributed by atoms with Crippen LogP contribution >= 0.6 is 11.8 Å². The molecule has 0 saturated carbocycles. The first-order chi connectivity index (χ1) is 10.2. The molecule has 0 radical (unpaired) electrons. The highest BCUT2D eigenvalue weighted by molar-refractivity contribution is 7.98. The van der Waals surface area contributed by atoms with Crippen LogP contribution in [-0.4, -0.2) is 29.3 Å². The quantitative estimate of drug-likeness (QED) is 0.606. The van der Waals surface area contributed by atoms with Crippen LogP contribution in [0.2, 0.25) is 0 Å². The second-order valence-corrected chi connectivity index (χ2v) is 5.20. The molecule has 0 aliphatic heterocycles. The third kappa shape index (κ3) is 4.60. The summed E-state index contributed by atoms with van der Waals surface area (Å²) in [4.78, 5) is 8.76. The first-order valence-corrected chi connectivity index (χ1v) is 8.09. The van der Waals surface area contributed by atoms with Crippen molar-refractivity contribution in [1.29, 1.82) is 0 Å². The fraction of sp³-hybridized carbons (Fsp3) is 0.333. The number of nitrogens with zero attached hydrogens (tertiary/aromatic N) is 2. The topological polar surface area (TPSA) is 49.8 Å². The number of benzene rings is 1. The van der Waals surface area contributed by atoms with Gasteiger partial charge >= 0.3 is 0 Å². The van der Waals surface area contributed by atoms with Crippen molar-refractivity contribution in [3.8, 4) is 0 Å². The van der Waals surface area contributed by atoms with Gasteiger partial charge in [-0.3, -0.25) is 0 Å². The number of thioether (sulfide) groups is 1. The maximum absolute atomic E-state index is 13.5. The smallest absolute Gasteiger partial charge is 0.191 e. The molecule has 4 nitrogen and oxygen atoms in total.